The van der Waals surface area contributed by atoms with Crippen molar-refractivity contribution < 1.29 is 17.6 Å². The molecule has 0 spiro atoms. The summed E-state index contributed by atoms with van der Waals surface area (Å²) in [5.41, 5.74) is 4.37. The number of rotatable bonds is 8. The molecule has 1 amide bonds. The van der Waals surface area contributed by atoms with Crippen LogP contribution in [0.25, 0.3) is 0 Å². The number of anilines is 1. The Kier molecular flexibility index (Phi) is 7.25. The van der Waals surface area contributed by atoms with Crippen molar-refractivity contribution in [3.05, 3.63) is 113 Å². The Morgan fingerprint density at radius 3 is 2.71 bits per heavy atom. The largest absolute Gasteiger partial charge is 0.337 e. The van der Waals surface area contributed by atoms with Gasteiger partial charge in [-0.05, 0) is 97.2 Å². The molecule has 1 N–H and O–H groups in total. The molecule has 0 aliphatic heterocycles. The zero-order chi connectivity index (χ0) is 28.7. The Morgan fingerprint density at radius 2 is 1.95 bits per heavy atom. The number of halogens is 1. The average molecular weight is 573 g/mol. The van der Waals surface area contributed by atoms with Crippen LogP contribution in [0.1, 0.15) is 59.3 Å². The third kappa shape index (κ3) is 5.69. The van der Waals surface area contributed by atoms with E-state index in [0.717, 1.165) is 40.9 Å². The van der Waals surface area contributed by atoms with Gasteiger partial charge in [-0.3, -0.25) is 4.79 Å². The summed E-state index contributed by atoms with van der Waals surface area (Å²) < 4.78 is 45.3. The first-order chi connectivity index (χ1) is 19.7. The van der Waals surface area contributed by atoms with E-state index >= 15 is 0 Å². The van der Waals surface area contributed by atoms with Gasteiger partial charge in [0.15, 0.2) is 0 Å². The van der Waals surface area contributed by atoms with Crippen LogP contribution in [0.3, 0.4) is 0 Å². The highest BCUT2D eigenvalue weighted by molar-refractivity contribution is 7.89. The summed E-state index contributed by atoms with van der Waals surface area (Å²) >= 11 is 0. The van der Waals surface area contributed by atoms with E-state index in [1.807, 2.05) is 55.1 Å². The van der Waals surface area contributed by atoms with Gasteiger partial charge in [0.05, 0.1) is 11.4 Å². The molecule has 1 heterocycles. The zero-order valence-electron chi connectivity index (χ0n) is 23.1. The lowest BCUT2D eigenvalue weighted by molar-refractivity contribution is -0.120. The minimum atomic E-state index is -3.74. The highest BCUT2D eigenvalue weighted by Gasteiger charge is 2.46. The van der Waals surface area contributed by atoms with E-state index in [2.05, 4.69) is 9.71 Å². The van der Waals surface area contributed by atoms with E-state index in [1.54, 1.807) is 35.4 Å². The van der Waals surface area contributed by atoms with Crippen LogP contribution in [0, 0.1) is 18.7 Å². The Morgan fingerprint density at radius 1 is 1.12 bits per heavy atom. The molecular weight excluding hydrogens is 539 g/mol. The number of aryl methyl sites for hydroxylation is 3. The van der Waals surface area contributed by atoms with Crippen molar-refractivity contribution in [1.29, 1.82) is 0 Å². The molecule has 2 aliphatic rings. The first kappa shape index (κ1) is 27.4. The third-order valence-corrected chi connectivity index (χ3v) is 9.69. The summed E-state index contributed by atoms with van der Waals surface area (Å²) in [5.74, 6) is 0.0854. The molecule has 6 rings (SSSR count). The number of aromatic nitrogens is 2. The minimum absolute atomic E-state index is 0.0337. The number of hydrogen-bond acceptors (Lipinski definition) is 4. The van der Waals surface area contributed by atoms with Crippen LogP contribution in [0.5, 0.6) is 0 Å². The summed E-state index contributed by atoms with van der Waals surface area (Å²) in [6.45, 7) is 2.14. The minimum Gasteiger partial charge on any atom is -0.337 e. The topological polar surface area (TPSA) is 84.3 Å². The molecule has 3 aromatic carbocycles. The summed E-state index contributed by atoms with van der Waals surface area (Å²) in [5, 5.41) is 0. The van der Waals surface area contributed by atoms with E-state index in [9.17, 15) is 17.6 Å². The second-order valence-corrected chi connectivity index (χ2v) is 12.9. The predicted molar refractivity (Wildman–Crippen MR) is 155 cm³/mol. The van der Waals surface area contributed by atoms with E-state index in [1.165, 1.54) is 12.1 Å². The highest BCUT2D eigenvalue weighted by Crippen LogP contribution is 2.49. The van der Waals surface area contributed by atoms with Crippen molar-refractivity contribution in [2.24, 2.45) is 13.0 Å². The lowest BCUT2D eigenvalue weighted by Crippen LogP contribution is -2.34. The van der Waals surface area contributed by atoms with Gasteiger partial charge in [0, 0.05) is 37.1 Å². The van der Waals surface area contributed by atoms with E-state index in [4.69, 9.17) is 0 Å². The van der Waals surface area contributed by atoms with E-state index in [0.29, 0.717) is 18.5 Å². The fourth-order valence-corrected chi connectivity index (χ4v) is 7.23. The first-order valence-corrected chi connectivity index (χ1v) is 15.4. The van der Waals surface area contributed by atoms with Gasteiger partial charge in [0.2, 0.25) is 15.9 Å². The maximum absolute atomic E-state index is 14.0. The summed E-state index contributed by atoms with van der Waals surface area (Å²) in [7, 11) is -1.85. The predicted octanol–water partition coefficient (Wildman–Crippen LogP) is 5.56. The second-order valence-electron chi connectivity index (χ2n) is 11.1. The number of amides is 1. The molecule has 212 valence electrons. The number of nitrogens with one attached hydrogen (secondary N) is 1. The number of imidazole rings is 1. The normalized spacial score (nSPS) is 19.9. The van der Waals surface area contributed by atoms with Crippen LogP contribution in [0.2, 0.25) is 0 Å². The molecule has 2 aliphatic carbocycles. The van der Waals surface area contributed by atoms with Crippen molar-refractivity contribution in [2.45, 2.75) is 56.0 Å². The molecule has 1 saturated carbocycles. The number of carbonyl (C=O) groups is 1. The Labute approximate surface area is 240 Å². The lowest BCUT2D eigenvalue weighted by atomic mass is 9.87. The Bertz CT molecular complexity index is 1720. The van der Waals surface area contributed by atoms with Gasteiger partial charge < -0.3 is 9.47 Å². The summed E-state index contributed by atoms with van der Waals surface area (Å²) in [4.78, 5) is 20.4. The first-order valence-electron chi connectivity index (χ1n) is 13.9. The molecule has 4 aromatic rings. The Hall–Kier alpha value is -3.82. The second kappa shape index (κ2) is 10.9. The van der Waals surface area contributed by atoms with Crippen LogP contribution in [-0.2, 0) is 34.8 Å². The van der Waals surface area contributed by atoms with E-state index in [-0.39, 0.29) is 35.0 Å². The smallest absolute Gasteiger partial charge is 0.241 e. The number of sulfonamides is 1. The Balaban J connectivity index is 1.32. The standard InChI is InChI=1S/C32H33FN4O3S/c1-21-6-3-10-26(16-21)41(39,40)35-30-11-5-7-22-12-13-25(18-28(22)30)37(20-31-34-14-15-36(31)2)32(38)29-19-27(29)23-8-4-9-24(33)17-23/h3-4,6,8-10,12-18,27,29-30,35H,5,7,11,19-20H2,1-2H3/t27-,29-,30+/m0/s1. The van der Waals surface area contributed by atoms with Crippen LogP contribution in [-0.4, -0.2) is 23.9 Å². The molecular formula is C32H33FN4O3S. The number of benzene rings is 3. The quantitative estimate of drug-likeness (QED) is 0.300. The number of carbonyl (C=O) groups excluding carboxylic acids is 1. The molecule has 7 nitrogen and oxygen atoms in total. The lowest BCUT2D eigenvalue weighted by Gasteiger charge is -2.29. The number of fused-ring (bicyclic) bond motifs is 1. The molecule has 0 saturated heterocycles. The van der Waals surface area contributed by atoms with Gasteiger partial charge in [-0.2, -0.15) is 0 Å². The van der Waals surface area contributed by atoms with Crippen LogP contribution < -0.4 is 9.62 Å². The summed E-state index contributed by atoms with van der Waals surface area (Å²) in [6, 6.07) is 18.8. The van der Waals surface area contributed by atoms with Gasteiger partial charge in [-0.1, -0.05) is 30.3 Å². The molecule has 3 atom stereocenters. The van der Waals surface area contributed by atoms with Crippen LogP contribution in [0.4, 0.5) is 10.1 Å². The average Bonchev–Trinajstić information content (AvgIpc) is 3.66. The van der Waals surface area contributed by atoms with Crippen molar-refractivity contribution in [3.63, 3.8) is 0 Å². The SMILES string of the molecule is Cc1cccc(S(=O)(=O)N[C@@H]2CCCc3ccc(N(Cc4nccn4C)C(=O)[C@H]4C[C@H]4c4cccc(F)c4)cc32)c1. The van der Waals surface area contributed by atoms with Gasteiger partial charge in [0.1, 0.15) is 11.6 Å². The number of hydrogen-bond donors (Lipinski definition) is 1. The third-order valence-electron chi connectivity index (χ3n) is 8.22. The van der Waals surface area contributed by atoms with Crippen molar-refractivity contribution in [1.82, 2.24) is 14.3 Å². The molecule has 0 bridgehead atoms. The van der Waals surface area contributed by atoms with Crippen molar-refractivity contribution in [2.75, 3.05) is 4.90 Å². The molecule has 0 unspecified atom stereocenters. The van der Waals surface area contributed by atoms with Gasteiger partial charge >= 0.3 is 0 Å². The molecule has 9 heteroatoms. The fourth-order valence-electron chi connectivity index (χ4n) is 5.88. The zero-order valence-corrected chi connectivity index (χ0v) is 23.9. The van der Waals surface area contributed by atoms with Crippen LogP contribution >= 0.6 is 0 Å². The van der Waals surface area contributed by atoms with Crippen molar-refractivity contribution in [3.8, 4) is 0 Å². The molecule has 0 radical (unpaired) electrons. The van der Waals surface area contributed by atoms with Crippen molar-refractivity contribution >= 4 is 21.6 Å². The highest BCUT2D eigenvalue weighted by atomic mass is 32.2. The molecule has 1 fully saturated rings. The monoisotopic (exact) mass is 572 g/mol. The van der Waals surface area contributed by atoms with Gasteiger partial charge in [-0.15, -0.1) is 0 Å². The van der Waals surface area contributed by atoms with Gasteiger partial charge in [-0.25, -0.2) is 22.5 Å². The van der Waals surface area contributed by atoms with E-state index < -0.39 is 16.1 Å². The maximum atomic E-state index is 14.0. The maximum Gasteiger partial charge on any atom is 0.241 e. The van der Waals surface area contributed by atoms with Crippen LogP contribution in [0.15, 0.2) is 84.0 Å². The van der Waals surface area contributed by atoms with Gasteiger partial charge in [0.25, 0.3) is 0 Å². The number of nitrogens with zero attached hydrogens (tertiary/aromatic N) is 3. The molecule has 1 aromatic heterocycles. The molecule has 41 heavy (non-hydrogen) atoms. The summed E-state index contributed by atoms with van der Waals surface area (Å²) in [6.07, 6.45) is 6.57. The fraction of sp³-hybridized carbons (Fsp3) is 0.312.